The van der Waals surface area contributed by atoms with Gasteiger partial charge in [-0.05, 0) is 12.1 Å². The number of para-hydroxylation sites is 1. The molecular formula is C34H32IrN3S. The van der Waals surface area contributed by atoms with Crippen LogP contribution in [0.2, 0.25) is 0 Å². The minimum atomic E-state index is -0.00815. The summed E-state index contributed by atoms with van der Waals surface area (Å²) in [6.07, 6.45) is -0.00815. The quantitative estimate of drug-likeness (QED) is 0.159. The Balaban J connectivity index is 0.000000194. The largest absolute Gasteiger partial charge is 3.00 e. The maximum atomic E-state index is 4.95. The molecule has 2 heterocycles. The minimum absolute atomic E-state index is 0. The molecule has 4 aromatic carbocycles. The SMILES string of the molecule is CC(C)[N-]C([N-]C(C)C)c1ccccc1.[Ir+3].[c-]1ccccc1-c1nc2ccccc2c2c1sc1ccccc12. The molecule has 5 heteroatoms. The van der Waals surface area contributed by atoms with Crippen molar-refractivity contribution in [2.24, 2.45) is 0 Å². The molecule has 0 aliphatic rings. The molecule has 0 bridgehead atoms. The van der Waals surface area contributed by atoms with Crippen LogP contribution in [-0.4, -0.2) is 17.1 Å². The van der Waals surface area contributed by atoms with E-state index in [1.807, 2.05) is 53.8 Å². The molecule has 0 atom stereocenters. The van der Waals surface area contributed by atoms with Crippen molar-refractivity contribution in [3.63, 3.8) is 0 Å². The Morgan fingerprint density at radius 3 is 1.97 bits per heavy atom. The molecule has 2 aromatic heterocycles. The van der Waals surface area contributed by atoms with Gasteiger partial charge in [-0.1, -0.05) is 100.0 Å². The fourth-order valence-corrected chi connectivity index (χ4v) is 5.78. The summed E-state index contributed by atoms with van der Waals surface area (Å²) >= 11 is 1.82. The monoisotopic (exact) mass is 707 g/mol. The number of thiophene rings is 1. The van der Waals surface area contributed by atoms with Gasteiger partial charge in [-0.2, -0.15) is 0 Å². The first-order valence-electron chi connectivity index (χ1n) is 13.1. The van der Waals surface area contributed by atoms with Crippen molar-refractivity contribution in [2.45, 2.75) is 45.9 Å². The van der Waals surface area contributed by atoms with Crippen molar-refractivity contribution in [2.75, 3.05) is 0 Å². The van der Waals surface area contributed by atoms with Crippen molar-refractivity contribution < 1.29 is 20.1 Å². The third-order valence-electron chi connectivity index (χ3n) is 6.16. The van der Waals surface area contributed by atoms with Crippen LogP contribution < -0.4 is 0 Å². The summed E-state index contributed by atoms with van der Waals surface area (Å²) in [6, 6.07) is 39.3. The van der Waals surface area contributed by atoms with Gasteiger partial charge in [0.1, 0.15) is 0 Å². The number of fused-ring (bicyclic) bond motifs is 5. The van der Waals surface area contributed by atoms with Crippen LogP contribution in [0, 0.1) is 6.07 Å². The molecule has 0 radical (unpaired) electrons. The Morgan fingerprint density at radius 1 is 0.692 bits per heavy atom. The average Bonchev–Trinajstić information content (AvgIpc) is 3.33. The van der Waals surface area contributed by atoms with Crippen LogP contribution in [0.4, 0.5) is 0 Å². The van der Waals surface area contributed by atoms with Gasteiger partial charge in [0.25, 0.3) is 0 Å². The van der Waals surface area contributed by atoms with Gasteiger partial charge in [0, 0.05) is 31.3 Å². The first-order valence-corrected chi connectivity index (χ1v) is 13.9. The summed E-state index contributed by atoms with van der Waals surface area (Å²) in [5, 5.41) is 13.1. The number of benzene rings is 4. The van der Waals surface area contributed by atoms with Gasteiger partial charge in [-0.15, -0.1) is 59.3 Å². The van der Waals surface area contributed by atoms with Gasteiger partial charge in [0.2, 0.25) is 0 Å². The van der Waals surface area contributed by atoms with E-state index in [1.165, 1.54) is 31.1 Å². The number of hydrogen-bond donors (Lipinski definition) is 0. The Labute approximate surface area is 249 Å². The van der Waals surface area contributed by atoms with Crippen molar-refractivity contribution in [1.82, 2.24) is 4.98 Å². The van der Waals surface area contributed by atoms with Crippen molar-refractivity contribution >= 4 is 42.4 Å². The molecule has 0 saturated carbocycles. The third-order valence-corrected chi connectivity index (χ3v) is 7.33. The predicted octanol–water partition coefficient (Wildman–Crippen LogP) is 10.3. The molecule has 0 aliphatic heterocycles. The van der Waals surface area contributed by atoms with E-state index < -0.39 is 0 Å². The van der Waals surface area contributed by atoms with E-state index in [0.29, 0.717) is 12.1 Å². The maximum absolute atomic E-state index is 4.95. The standard InChI is InChI=1S/C21H12NS.C13H20N2.Ir/c1-2-8-14(9-3-1)20-21-19(15-10-4-6-12-17(15)22-20)16-11-5-7-13-18(16)23-21;1-10(2)14-13(15-11(3)4)12-8-6-5-7-9-12;/h1-8,10-13H;5-11,13H,1-4H3;/q-1;-2;+3. The van der Waals surface area contributed by atoms with E-state index in [0.717, 1.165) is 16.8 Å². The first kappa shape index (κ1) is 29.1. The van der Waals surface area contributed by atoms with E-state index in [2.05, 4.69) is 105 Å². The minimum Gasteiger partial charge on any atom is -0.672 e. The molecule has 0 aliphatic carbocycles. The van der Waals surface area contributed by atoms with Crippen molar-refractivity contribution in [3.05, 3.63) is 125 Å². The van der Waals surface area contributed by atoms with Gasteiger partial charge < -0.3 is 10.6 Å². The number of hydrogen-bond acceptors (Lipinski definition) is 2. The Hall–Kier alpha value is -2.92. The Bertz CT molecular complexity index is 1620. The van der Waals surface area contributed by atoms with E-state index in [1.54, 1.807) is 0 Å². The van der Waals surface area contributed by atoms with Crippen LogP contribution >= 0.6 is 11.3 Å². The number of rotatable bonds is 6. The van der Waals surface area contributed by atoms with Gasteiger partial charge in [0.05, 0.1) is 5.52 Å². The first-order chi connectivity index (χ1) is 18.5. The maximum Gasteiger partial charge on any atom is 3.00 e. The van der Waals surface area contributed by atoms with E-state index in [4.69, 9.17) is 4.98 Å². The molecule has 0 N–H and O–H groups in total. The van der Waals surface area contributed by atoms with E-state index in [-0.39, 0.29) is 26.3 Å². The van der Waals surface area contributed by atoms with Gasteiger partial charge in [0.15, 0.2) is 0 Å². The third kappa shape index (κ3) is 6.81. The Morgan fingerprint density at radius 2 is 1.31 bits per heavy atom. The number of aromatic nitrogens is 1. The molecule has 0 saturated heterocycles. The second kappa shape index (κ2) is 13.4. The normalized spacial score (nSPS) is 11.3. The zero-order chi connectivity index (χ0) is 26.5. The van der Waals surface area contributed by atoms with Crippen molar-refractivity contribution in [1.29, 1.82) is 0 Å². The molecule has 39 heavy (non-hydrogen) atoms. The topological polar surface area (TPSA) is 41.1 Å². The summed E-state index contributed by atoms with van der Waals surface area (Å²) < 4.78 is 2.55. The molecule has 6 rings (SSSR count). The van der Waals surface area contributed by atoms with Crippen LogP contribution in [0.1, 0.15) is 39.4 Å². The second-order valence-corrected chi connectivity index (χ2v) is 10.9. The van der Waals surface area contributed by atoms with Crippen LogP contribution in [0.15, 0.2) is 103 Å². The smallest absolute Gasteiger partial charge is 0.672 e. The molecule has 0 fully saturated rings. The number of nitrogens with zero attached hydrogens (tertiary/aromatic N) is 3. The number of pyridine rings is 1. The average molecular weight is 707 g/mol. The van der Waals surface area contributed by atoms with Crippen LogP contribution in [0.3, 0.4) is 0 Å². The zero-order valence-electron chi connectivity index (χ0n) is 22.6. The summed E-state index contributed by atoms with van der Waals surface area (Å²) in [4.78, 5) is 4.95. The van der Waals surface area contributed by atoms with Crippen LogP contribution in [-0.2, 0) is 20.1 Å². The van der Waals surface area contributed by atoms with E-state index in [9.17, 15) is 0 Å². The Kier molecular flexibility index (Phi) is 10.0. The fraction of sp³-hybridized carbons (Fsp3) is 0.206. The van der Waals surface area contributed by atoms with E-state index >= 15 is 0 Å². The van der Waals surface area contributed by atoms with Crippen LogP contribution in [0.25, 0.3) is 53.0 Å². The molecule has 6 aromatic rings. The molecule has 0 amide bonds. The van der Waals surface area contributed by atoms with Gasteiger partial charge in [-0.25, -0.2) is 6.17 Å². The second-order valence-electron chi connectivity index (χ2n) is 9.83. The molecule has 0 spiro atoms. The van der Waals surface area contributed by atoms with Crippen molar-refractivity contribution in [3.8, 4) is 11.3 Å². The summed E-state index contributed by atoms with van der Waals surface area (Å²) in [6.45, 7) is 8.36. The molecule has 3 nitrogen and oxygen atoms in total. The molecule has 0 unspecified atom stereocenters. The van der Waals surface area contributed by atoms with Gasteiger partial charge >= 0.3 is 20.1 Å². The summed E-state index contributed by atoms with van der Waals surface area (Å²) in [7, 11) is 0. The van der Waals surface area contributed by atoms with Gasteiger partial charge in [-0.3, -0.25) is 4.98 Å². The summed E-state index contributed by atoms with van der Waals surface area (Å²) in [5.74, 6) is 0. The van der Waals surface area contributed by atoms with Crippen LogP contribution in [0.5, 0.6) is 0 Å². The fourth-order valence-electron chi connectivity index (χ4n) is 4.56. The molecular weight excluding hydrogens is 675 g/mol. The summed E-state index contributed by atoms with van der Waals surface area (Å²) in [5.41, 5.74) is 4.30. The predicted molar refractivity (Wildman–Crippen MR) is 165 cm³/mol. The zero-order valence-corrected chi connectivity index (χ0v) is 25.8. The molecule has 198 valence electrons.